The number of ether oxygens (including phenoxy) is 1. The second kappa shape index (κ2) is 4.58. The molecule has 0 saturated heterocycles. The summed E-state index contributed by atoms with van der Waals surface area (Å²) in [6, 6.07) is 5.61. The fraction of sp³-hybridized carbons (Fsp3) is 0.462. The van der Waals surface area contributed by atoms with Gasteiger partial charge in [0.05, 0.1) is 5.56 Å². The van der Waals surface area contributed by atoms with E-state index in [1.165, 1.54) is 0 Å². The van der Waals surface area contributed by atoms with Crippen molar-refractivity contribution in [1.82, 2.24) is 0 Å². The molecule has 0 aromatic heterocycles. The molecular weight excluding hydrogens is 268 g/mol. The van der Waals surface area contributed by atoms with Gasteiger partial charge in [0.2, 0.25) is 0 Å². The van der Waals surface area contributed by atoms with Crippen molar-refractivity contribution in [1.29, 1.82) is 0 Å². The van der Waals surface area contributed by atoms with Crippen LogP contribution in [-0.2, 0) is 0 Å². The molecule has 2 unspecified atom stereocenters. The van der Waals surface area contributed by atoms with E-state index in [0.717, 1.165) is 16.6 Å². The number of benzene rings is 1. The number of carbonyl (C=O) groups is 1. The summed E-state index contributed by atoms with van der Waals surface area (Å²) >= 11 is 3.37. The Labute approximate surface area is 104 Å². The van der Waals surface area contributed by atoms with Crippen LogP contribution in [0.25, 0.3) is 0 Å². The van der Waals surface area contributed by atoms with Gasteiger partial charge < -0.3 is 4.74 Å². The van der Waals surface area contributed by atoms with Gasteiger partial charge >= 0.3 is 0 Å². The van der Waals surface area contributed by atoms with Gasteiger partial charge in [-0.25, -0.2) is 0 Å². The molecule has 0 saturated carbocycles. The second-order valence-electron chi connectivity index (χ2n) is 4.31. The topological polar surface area (TPSA) is 26.3 Å². The Hall–Kier alpha value is -0.830. The lowest BCUT2D eigenvalue weighted by Gasteiger charge is -2.29. The van der Waals surface area contributed by atoms with Crippen molar-refractivity contribution >= 4 is 21.7 Å². The van der Waals surface area contributed by atoms with Crippen molar-refractivity contribution in [3.05, 3.63) is 28.2 Å². The van der Waals surface area contributed by atoms with Gasteiger partial charge in [-0.05, 0) is 24.1 Å². The van der Waals surface area contributed by atoms with Crippen LogP contribution in [0.3, 0.4) is 0 Å². The van der Waals surface area contributed by atoms with E-state index < -0.39 is 0 Å². The van der Waals surface area contributed by atoms with E-state index in [9.17, 15) is 4.79 Å². The summed E-state index contributed by atoms with van der Waals surface area (Å²) in [6.07, 6.45) is 1.56. The van der Waals surface area contributed by atoms with Gasteiger partial charge in [-0.15, -0.1) is 0 Å². The molecule has 0 radical (unpaired) electrons. The van der Waals surface area contributed by atoms with Crippen LogP contribution in [-0.4, -0.2) is 11.9 Å². The molecule has 0 aliphatic carbocycles. The monoisotopic (exact) mass is 282 g/mol. The van der Waals surface area contributed by atoms with Crippen LogP contribution in [0.5, 0.6) is 5.75 Å². The van der Waals surface area contributed by atoms with Gasteiger partial charge in [0.15, 0.2) is 5.78 Å². The van der Waals surface area contributed by atoms with Crippen molar-refractivity contribution in [3.63, 3.8) is 0 Å². The van der Waals surface area contributed by atoms with Crippen molar-refractivity contribution < 1.29 is 9.53 Å². The molecule has 16 heavy (non-hydrogen) atoms. The third kappa shape index (κ3) is 2.14. The summed E-state index contributed by atoms with van der Waals surface area (Å²) < 4.78 is 6.79. The zero-order valence-electron chi connectivity index (χ0n) is 9.50. The average molecular weight is 283 g/mol. The Morgan fingerprint density at radius 2 is 2.31 bits per heavy atom. The normalized spacial score (nSPS) is 21.2. The van der Waals surface area contributed by atoms with E-state index in [0.29, 0.717) is 17.9 Å². The minimum absolute atomic E-state index is 0.0335. The van der Waals surface area contributed by atoms with Gasteiger partial charge in [-0.2, -0.15) is 0 Å². The van der Waals surface area contributed by atoms with Crippen molar-refractivity contribution in [2.24, 2.45) is 5.92 Å². The highest BCUT2D eigenvalue weighted by Gasteiger charge is 2.29. The van der Waals surface area contributed by atoms with Gasteiger partial charge in [0.1, 0.15) is 11.9 Å². The molecule has 1 aliphatic heterocycles. The molecule has 2 nitrogen and oxygen atoms in total. The molecule has 0 spiro atoms. The number of hydrogen-bond acceptors (Lipinski definition) is 2. The summed E-state index contributed by atoms with van der Waals surface area (Å²) in [4.78, 5) is 12.0. The second-order valence-corrected chi connectivity index (χ2v) is 5.23. The maximum Gasteiger partial charge on any atom is 0.170 e. The highest BCUT2D eigenvalue weighted by molar-refractivity contribution is 9.10. The fourth-order valence-electron chi connectivity index (χ4n) is 1.90. The number of rotatable bonds is 2. The van der Waals surface area contributed by atoms with Gasteiger partial charge in [-0.3, -0.25) is 4.79 Å². The molecule has 1 aromatic rings. The molecule has 2 atom stereocenters. The Morgan fingerprint density at radius 3 is 3.00 bits per heavy atom. The number of Topliss-reactive ketones (excluding diaryl/α,β-unsaturated/α-hetero) is 1. The first-order valence-electron chi connectivity index (χ1n) is 5.61. The largest absolute Gasteiger partial charge is 0.489 e. The average Bonchev–Trinajstić information content (AvgIpc) is 2.28. The zero-order chi connectivity index (χ0) is 11.7. The van der Waals surface area contributed by atoms with Crippen LogP contribution < -0.4 is 4.74 Å². The minimum Gasteiger partial charge on any atom is -0.489 e. The van der Waals surface area contributed by atoms with E-state index in [-0.39, 0.29) is 11.9 Å². The van der Waals surface area contributed by atoms with Gasteiger partial charge in [0, 0.05) is 10.9 Å². The van der Waals surface area contributed by atoms with Gasteiger partial charge in [-0.1, -0.05) is 36.2 Å². The van der Waals surface area contributed by atoms with Crippen LogP contribution in [0.2, 0.25) is 0 Å². The van der Waals surface area contributed by atoms with Gasteiger partial charge in [0.25, 0.3) is 0 Å². The predicted octanol–water partition coefficient (Wildman–Crippen LogP) is 3.83. The number of halogens is 1. The molecule has 1 heterocycles. The lowest BCUT2D eigenvalue weighted by Crippen LogP contribution is -2.32. The summed E-state index contributed by atoms with van der Waals surface area (Å²) in [6.45, 7) is 4.25. The minimum atomic E-state index is 0.0335. The highest BCUT2D eigenvalue weighted by atomic mass is 79.9. The SMILES string of the molecule is CCC(C)C1CC(=O)c2cc(Br)ccc2O1. The number of fused-ring (bicyclic) bond motifs is 1. The number of ketones is 1. The molecular formula is C13H15BrO2. The Bertz CT molecular complexity index is 414. The Morgan fingerprint density at radius 1 is 1.56 bits per heavy atom. The smallest absolute Gasteiger partial charge is 0.170 e. The molecule has 2 rings (SSSR count). The van der Waals surface area contributed by atoms with Crippen LogP contribution in [0.1, 0.15) is 37.0 Å². The summed E-state index contributed by atoms with van der Waals surface area (Å²) in [5.41, 5.74) is 0.703. The first-order valence-corrected chi connectivity index (χ1v) is 6.40. The lowest BCUT2D eigenvalue weighted by atomic mass is 9.92. The Balaban J connectivity index is 2.30. The summed E-state index contributed by atoms with van der Waals surface area (Å²) in [7, 11) is 0. The van der Waals surface area contributed by atoms with E-state index in [1.54, 1.807) is 0 Å². The highest BCUT2D eigenvalue weighted by Crippen LogP contribution is 2.32. The third-order valence-corrected chi connectivity index (χ3v) is 3.68. The van der Waals surface area contributed by atoms with Crippen LogP contribution in [0, 0.1) is 5.92 Å². The number of carbonyl (C=O) groups excluding carboxylic acids is 1. The molecule has 1 aliphatic rings. The van der Waals surface area contributed by atoms with Crippen LogP contribution in [0.15, 0.2) is 22.7 Å². The van der Waals surface area contributed by atoms with Crippen LogP contribution in [0.4, 0.5) is 0 Å². The lowest BCUT2D eigenvalue weighted by molar-refractivity contribution is 0.0747. The van der Waals surface area contributed by atoms with E-state index in [4.69, 9.17) is 4.74 Å². The first kappa shape index (κ1) is 11.6. The summed E-state index contributed by atoms with van der Waals surface area (Å²) in [5, 5.41) is 0. The Kier molecular flexibility index (Phi) is 3.33. The quantitative estimate of drug-likeness (QED) is 0.824. The van der Waals surface area contributed by atoms with Crippen LogP contribution >= 0.6 is 15.9 Å². The van der Waals surface area contributed by atoms with Crippen molar-refractivity contribution in [2.45, 2.75) is 32.8 Å². The first-order chi connectivity index (χ1) is 7.61. The molecule has 86 valence electrons. The molecule has 3 heteroatoms. The molecule has 0 amide bonds. The van der Waals surface area contributed by atoms with Crippen molar-refractivity contribution in [3.8, 4) is 5.75 Å². The molecule has 0 fully saturated rings. The maximum atomic E-state index is 12.0. The van der Waals surface area contributed by atoms with E-state index >= 15 is 0 Å². The van der Waals surface area contributed by atoms with E-state index in [2.05, 4.69) is 29.8 Å². The molecule has 0 N–H and O–H groups in total. The predicted molar refractivity (Wildman–Crippen MR) is 67.0 cm³/mol. The molecule has 1 aromatic carbocycles. The summed E-state index contributed by atoms with van der Waals surface area (Å²) in [5.74, 6) is 1.33. The molecule has 0 bridgehead atoms. The maximum absolute atomic E-state index is 12.0. The standard InChI is InChI=1S/C13H15BrO2/c1-3-8(2)13-7-11(15)10-6-9(14)4-5-12(10)16-13/h4-6,8,13H,3,7H2,1-2H3. The third-order valence-electron chi connectivity index (χ3n) is 3.19. The fourth-order valence-corrected chi connectivity index (χ4v) is 2.26. The van der Waals surface area contributed by atoms with E-state index in [1.807, 2.05) is 18.2 Å². The number of hydrogen-bond donors (Lipinski definition) is 0. The zero-order valence-corrected chi connectivity index (χ0v) is 11.1. The van der Waals surface area contributed by atoms with Crippen molar-refractivity contribution in [2.75, 3.05) is 0 Å².